The number of hydrogen-bond donors (Lipinski definition) is 1. The van der Waals surface area contributed by atoms with Gasteiger partial charge in [0, 0.05) is 22.9 Å². The fourth-order valence-corrected chi connectivity index (χ4v) is 2.91. The number of benzene rings is 2. The molecule has 2 heteroatoms. The van der Waals surface area contributed by atoms with Crippen LogP contribution in [0, 0.1) is 6.92 Å². The molecule has 0 spiro atoms. The van der Waals surface area contributed by atoms with Gasteiger partial charge in [-0.1, -0.05) is 48.5 Å². The number of carbonyl (C=O) groups is 1. The van der Waals surface area contributed by atoms with Crippen LogP contribution in [0.4, 0.5) is 0 Å². The molecule has 2 aromatic carbocycles. The highest BCUT2D eigenvalue weighted by Gasteiger charge is 2.32. The SMILES string of the molecule is Cc1ccccc1C(=O)/C=C1\NC(C)(C)c2ccccc21. The highest BCUT2D eigenvalue weighted by molar-refractivity contribution is 6.09. The maximum Gasteiger partial charge on any atom is 0.188 e. The molecule has 106 valence electrons. The van der Waals surface area contributed by atoms with Crippen LogP contribution >= 0.6 is 0 Å². The zero-order valence-corrected chi connectivity index (χ0v) is 12.6. The molecule has 0 bridgehead atoms. The second-order valence-corrected chi connectivity index (χ2v) is 6.03. The number of aryl methyl sites for hydroxylation is 1. The fourth-order valence-electron chi connectivity index (χ4n) is 2.91. The van der Waals surface area contributed by atoms with Crippen molar-refractivity contribution in [3.63, 3.8) is 0 Å². The normalized spacial score (nSPS) is 17.4. The maximum absolute atomic E-state index is 12.5. The zero-order chi connectivity index (χ0) is 15.0. The first-order valence-electron chi connectivity index (χ1n) is 7.19. The molecule has 2 nitrogen and oxygen atoms in total. The average Bonchev–Trinajstić information content (AvgIpc) is 2.71. The summed E-state index contributed by atoms with van der Waals surface area (Å²) in [6.45, 7) is 6.22. The fraction of sp³-hybridized carbons (Fsp3) is 0.211. The molecule has 0 radical (unpaired) electrons. The number of nitrogens with one attached hydrogen (secondary N) is 1. The van der Waals surface area contributed by atoms with E-state index < -0.39 is 0 Å². The van der Waals surface area contributed by atoms with E-state index in [9.17, 15) is 4.79 Å². The lowest BCUT2D eigenvalue weighted by Crippen LogP contribution is -2.28. The smallest absolute Gasteiger partial charge is 0.188 e. The van der Waals surface area contributed by atoms with Crippen LogP contribution in [0.15, 0.2) is 54.6 Å². The minimum atomic E-state index is -0.144. The van der Waals surface area contributed by atoms with Gasteiger partial charge < -0.3 is 5.32 Å². The van der Waals surface area contributed by atoms with Crippen LogP contribution in [0.1, 0.15) is 40.9 Å². The van der Waals surface area contributed by atoms with E-state index in [-0.39, 0.29) is 11.3 Å². The minimum absolute atomic E-state index is 0.0445. The van der Waals surface area contributed by atoms with Gasteiger partial charge in [0.2, 0.25) is 0 Å². The molecule has 0 saturated heterocycles. The van der Waals surface area contributed by atoms with E-state index in [0.29, 0.717) is 0 Å². The molecule has 2 aromatic rings. The van der Waals surface area contributed by atoms with Crippen LogP contribution in [0.2, 0.25) is 0 Å². The van der Waals surface area contributed by atoms with E-state index in [4.69, 9.17) is 0 Å². The van der Waals surface area contributed by atoms with Crippen molar-refractivity contribution in [2.45, 2.75) is 26.3 Å². The Labute approximate surface area is 125 Å². The number of fused-ring (bicyclic) bond motifs is 1. The van der Waals surface area contributed by atoms with Gasteiger partial charge in [0.25, 0.3) is 0 Å². The van der Waals surface area contributed by atoms with Crippen molar-refractivity contribution >= 4 is 11.5 Å². The van der Waals surface area contributed by atoms with Gasteiger partial charge >= 0.3 is 0 Å². The Kier molecular flexibility index (Phi) is 3.17. The summed E-state index contributed by atoms with van der Waals surface area (Å²) < 4.78 is 0. The number of rotatable bonds is 2. The van der Waals surface area contributed by atoms with Crippen LogP contribution in [-0.2, 0) is 5.54 Å². The third-order valence-corrected chi connectivity index (χ3v) is 4.02. The molecule has 0 saturated carbocycles. The predicted molar refractivity (Wildman–Crippen MR) is 86.1 cm³/mol. The van der Waals surface area contributed by atoms with Gasteiger partial charge in [0.1, 0.15) is 0 Å². The van der Waals surface area contributed by atoms with Crippen molar-refractivity contribution < 1.29 is 4.79 Å². The summed E-state index contributed by atoms with van der Waals surface area (Å²) in [5.41, 5.74) is 4.87. The van der Waals surface area contributed by atoms with Crippen LogP contribution in [0.5, 0.6) is 0 Å². The Balaban J connectivity index is 2.03. The van der Waals surface area contributed by atoms with Gasteiger partial charge in [-0.2, -0.15) is 0 Å². The second-order valence-electron chi connectivity index (χ2n) is 6.03. The monoisotopic (exact) mass is 277 g/mol. The number of allylic oxidation sites excluding steroid dienone is 1. The van der Waals surface area contributed by atoms with Gasteiger partial charge in [-0.25, -0.2) is 0 Å². The van der Waals surface area contributed by atoms with Crippen molar-refractivity contribution in [2.75, 3.05) is 0 Å². The van der Waals surface area contributed by atoms with Crippen LogP contribution < -0.4 is 5.32 Å². The van der Waals surface area contributed by atoms with E-state index in [1.807, 2.05) is 43.3 Å². The van der Waals surface area contributed by atoms with Crippen molar-refractivity contribution in [1.29, 1.82) is 0 Å². The van der Waals surface area contributed by atoms with Crippen molar-refractivity contribution in [3.8, 4) is 0 Å². The third-order valence-electron chi connectivity index (χ3n) is 4.02. The van der Waals surface area contributed by atoms with Gasteiger partial charge in [0.15, 0.2) is 5.78 Å². The summed E-state index contributed by atoms with van der Waals surface area (Å²) in [6, 6.07) is 15.9. The van der Waals surface area contributed by atoms with Gasteiger partial charge in [-0.15, -0.1) is 0 Å². The Morgan fingerprint density at radius 3 is 2.48 bits per heavy atom. The van der Waals surface area contributed by atoms with Gasteiger partial charge in [-0.05, 0) is 31.9 Å². The summed E-state index contributed by atoms with van der Waals surface area (Å²) in [4.78, 5) is 12.5. The minimum Gasteiger partial charge on any atom is -0.375 e. The summed E-state index contributed by atoms with van der Waals surface area (Å²) >= 11 is 0. The number of hydrogen-bond acceptors (Lipinski definition) is 2. The second kappa shape index (κ2) is 4.88. The maximum atomic E-state index is 12.5. The highest BCUT2D eigenvalue weighted by Crippen LogP contribution is 2.36. The Bertz CT molecular complexity index is 741. The molecule has 1 aliphatic rings. The molecule has 1 aliphatic heterocycles. The first-order chi connectivity index (χ1) is 9.99. The van der Waals surface area contributed by atoms with E-state index >= 15 is 0 Å². The van der Waals surface area contributed by atoms with Crippen molar-refractivity contribution in [2.24, 2.45) is 0 Å². The standard InChI is InChI=1S/C19H19NO/c1-13-8-4-5-9-14(13)18(21)12-17-15-10-6-7-11-16(15)19(2,3)20-17/h4-12,20H,1-3H3/b17-12-. The molecule has 0 atom stereocenters. The quantitative estimate of drug-likeness (QED) is 0.662. The molecule has 1 heterocycles. The van der Waals surface area contributed by atoms with Crippen molar-refractivity contribution in [1.82, 2.24) is 5.32 Å². The summed E-state index contributed by atoms with van der Waals surface area (Å²) in [5, 5.41) is 3.46. The number of carbonyl (C=O) groups excluding carboxylic acids is 1. The summed E-state index contributed by atoms with van der Waals surface area (Å²) in [7, 11) is 0. The molecule has 0 aliphatic carbocycles. The van der Waals surface area contributed by atoms with Crippen molar-refractivity contribution in [3.05, 3.63) is 76.9 Å². The Morgan fingerprint density at radius 1 is 1.05 bits per heavy atom. The molecule has 3 rings (SSSR count). The lowest BCUT2D eigenvalue weighted by Gasteiger charge is -2.20. The highest BCUT2D eigenvalue weighted by atomic mass is 16.1. The molecule has 1 N–H and O–H groups in total. The Hall–Kier alpha value is -2.35. The largest absolute Gasteiger partial charge is 0.375 e. The summed E-state index contributed by atoms with van der Waals surface area (Å²) in [5.74, 6) is 0.0445. The van der Waals surface area contributed by atoms with E-state index in [0.717, 1.165) is 22.4 Å². The first-order valence-corrected chi connectivity index (χ1v) is 7.19. The molecule has 21 heavy (non-hydrogen) atoms. The van der Waals surface area contributed by atoms with Gasteiger partial charge in [-0.3, -0.25) is 4.79 Å². The topological polar surface area (TPSA) is 29.1 Å². The third kappa shape index (κ3) is 2.38. The van der Waals surface area contributed by atoms with Crippen LogP contribution in [0.3, 0.4) is 0 Å². The zero-order valence-electron chi connectivity index (χ0n) is 12.6. The number of ketones is 1. The Morgan fingerprint density at radius 2 is 1.71 bits per heavy atom. The molecule has 0 unspecified atom stereocenters. The predicted octanol–water partition coefficient (Wildman–Crippen LogP) is 4.06. The van der Waals surface area contributed by atoms with E-state index in [1.165, 1.54) is 5.56 Å². The van der Waals surface area contributed by atoms with Crippen LogP contribution in [0.25, 0.3) is 5.70 Å². The van der Waals surface area contributed by atoms with E-state index in [1.54, 1.807) is 6.08 Å². The van der Waals surface area contributed by atoms with Gasteiger partial charge in [0.05, 0.1) is 5.54 Å². The van der Waals surface area contributed by atoms with E-state index in [2.05, 4.69) is 31.3 Å². The lowest BCUT2D eigenvalue weighted by atomic mass is 9.94. The lowest BCUT2D eigenvalue weighted by molar-refractivity contribution is 0.104. The molecular formula is C19H19NO. The molecule has 0 fully saturated rings. The first kappa shape index (κ1) is 13.6. The average molecular weight is 277 g/mol. The molecule has 0 amide bonds. The molecule has 0 aromatic heterocycles. The molecular weight excluding hydrogens is 258 g/mol. The van der Waals surface area contributed by atoms with Crippen LogP contribution in [-0.4, -0.2) is 5.78 Å². The summed E-state index contributed by atoms with van der Waals surface area (Å²) in [6.07, 6.45) is 1.72.